The first kappa shape index (κ1) is 18.7. The van der Waals surface area contributed by atoms with Crippen LogP contribution in [0.2, 0.25) is 0 Å². The van der Waals surface area contributed by atoms with Gasteiger partial charge in [-0.1, -0.05) is 12.1 Å². The van der Waals surface area contributed by atoms with Crippen molar-refractivity contribution in [2.24, 2.45) is 0 Å². The van der Waals surface area contributed by atoms with Crippen molar-refractivity contribution in [2.75, 3.05) is 5.32 Å². The third-order valence-corrected chi connectivity index (χ3v) is 5.04. The van der Waals surface area contributed by atoms with Crippen molar-refractivity contribution in [1.29, 1.82) is 0 Å². The number of imidazole rings is 1. The Hall–Kier alpha value is -3.61. The molecule has 29 heavy (non-hydrogen) atoms. The standard InChI is InChI=1S/C22H21N3O4/c1-3-24-17-6-4-5-7-18(17)25(22(24)28)11-10-20(26)23-15-8-9-16-14(2)12-21(27)29-19(16)13-15/h4-9,12-13H,3,10-11H2,1-2H3,(H,23,26). The van der Waals surface area contributed by atoms with Gasteiger partial charge in [0.2, 0.25) is 5.91 Å². The number of carbonyl (C=O) groups excluding carboxylic acids is 1. The summed E-state index contributed by atoms with van der Waals surface area (Å²) in [5.41, 5.74) is 2.92. The van der Waals surface area contributed by atoms with E-state index in [-0.39, 0.29) is 24.6 Å². The van der Waals surface area contributed by atoms with Crippen LogP contribution in [0.3, 0.4) is 0 Å². The van der Waals surface area contributed by atoms with Crippen LogP contribution in [0, 0.1) is 6.92 Å². The fraction of sp³-hybridized carbons (Fsp3) is 0.227. The van der Waals surface area contributed by atoms with E-state index < -0.39 is 5.63 Å². The molecular formula is C22H21N3O4. The third-order valence-electron chi connectivity index (χ3n) is 5.04. The van der Waals surface area contributed by atoms with Gasteiger partial charge in [-0.2, -0.15) is 0 Å². The molecule has 4 aromatic rings. The molecule has 0 aliphatic heterocycles. The van der Waals surface area contributed by atoms with Gasteiger partial charge < -0.3 is 9.73 Å². The molecule has 4 rings (SSSR count). The number of rotatable bonds is 5. The highest BCUT2D eigenvalue weighted by molar-refractivity contribution is 5.93. The van der Waals surface area contributed by atoms with Crippen LogP contribution in [0.25, 0.3) is 22.0 Å². The number of para-hydroxylation sites is 2. The van der Waals surface area contributed by atoms with Gasteiger partial charge in [0.05, 0.1) is 11.0 Å². The Morgan fingerprint density at radius 3 is 2.48 bits per heavy atom. The molecule has 0 saturated heterocycles. The predicted octanol–water partition coefficient (Wildman–Crippen LogP) is 3.27. The molecule has 2 aromatic heterocycles. The molecular weight excluding hydrogens is 370 g/mol. The fourth-order valence-electron chi connectivity index (χ4n) is 3.63. The average Bonchev–Trinajstić information content (AvgIpc) is 2.96. The Morgan fingerprint density at radius 1 is 1.03 bits per heavy atom. The number of nitrogens with zero attached hydrogens (tertiary/aromatic N) is 2. The topological polar surface area (TPSA) is 86.2 Å². The molecule has 0 radical (unpaired) electrons. The van der Waals surface area contributed by atoms with Crippen molar-refractivity contribution in [3.05, 3.63) is 75.0 Å². The summed E-state index contributed by atoms with van der Waals surface area (Å²) < 4.78 is 8.54. The summed E-state index contributed by atoms with van der Waals surface area (Å²) in [7, 11) is 0. The number of anilines is 1. The monoisotopic (exact) mass is 391 g/mol. The summed E-state index contributed by atoms with van der Waals surface area (Å²) >= 11 is 0. The quantitative estimate of drug-likeness (QED) is 0.529. The average molecular weight is 391 g/mol. The van der Waals surface area contributed by atoms with Crippen LogP contribution >= 0.6 is 0 Å². The summed E-state index contributed by atoms with van der Waals surface area (Å²) in [6, 6.07) is 14.2. The number of fused-ring (bicyclic) bond motifs is 2. The minimum Gasteiger partial charge on any atom is -0.423 e. The van der Waals surface area contributed by atoms with Gasteiger partial charge in [0.15, 0.2) is 0 Å². The molecule has 1 N–H and O–H groups in total. The van der Waals surface area contributed by atoms with E-state index in [1.54, 1.807) is 21.3 Å². The molecule has 0 aliphatic rings. The summed E-state index contributed by atoms with van der Waals surface area (Å²) in [5.74, 6) is -0.223. The number of carbonyl (C=O) groups is 1. The normalized spacial score (nSPS) is 11.2. The van der Waals surface area contributed by atoms with E-state index in [9.17, 15) is 14.4 Å². The number of hydrogen-bond acceptors (Lipinski definition) is 4. The molecule has 0 fully saturated rings. The maximum Gasteiger partial charge on any atom is 0.336 e. The van der Waals surface area contributed by atoms with Crippen LogP contribution in [-0.2, 0) is 17.9 Å². The molecule has 0 saturated carbocycles. The highest BCUT2D eigenvalue weighted by Gasteiger charge is 2.13. The first-order valence-corrected chi connectivity index (χ1v) is 9.50. The van der Waals surface area contributed by atoms with Crippen LogP contribution in [0.4, 0.5) is 5.69 Å². The van der Waals surface area contributed by atoms with Crippen molar-refractivity contribution in [2.45, 2.75) is 33.4 Å². The van der Waals surface area contributed by atoms with Crippen molar-refractivity contribution in [3.63, 3.8) is 0 Å². The van der Waals surface area contributed by atoms with Gasteiger partial charge >= 0.3 is 11.3 Å². The van der Waals surface area contributed by atoms with Crippen molar-refractivity contribution >= 4 is 33.6 Å². The van der Waals surface area contributed by atoms with E-state index >= 15 is 0 Å². The maximum absolute atomic E-state index is 12.7. The van der Waals surface area contributed by atoms with E-state index in [1.807, 2.05) is 44.2 Å². The molecule has 0 aliphatic carbocycles. The SMILES string of the molecule is CCn1c(=O)n(CCC(=O)Nc2ccc3c(C)cc(=O)oc3c2)c2ccccc21. The van der Waals surface area contributed by atoms with Crippen molar-refractivity contribution in [3.8, 4) is 0 Å². The van der Waals surface area contributed by atoms with Gasteiger partial charge in [0, 0.05) is 42.7 Å². The zero-order valence-electron chi connectivity index (χ0n) is 16.3. The second-order valence-corrected chi connectivity index (χ2v) is 6.92. The summed E-state index contributed by atoms with van der Waals surface area (Å²) in [6.07, 6.45) is 0.146. The van der Waals surface area contributed by atoms with E-state index in [2.05, 4.69) is 5.32 Å². The first-order chi connectivity index (χ1) is 14.0. The van der Waals surface area contributed by atoms with Gasteiger partial charge in [-0.25, -0.2) is 9.59 Å². The molecule has 0 spiro atoms. The lowest BCUT2D eigenvalue weighted by Gasteiger charge is -2.08. The summed E-state index contributed by atoms with van der Waals surface area (Å²) in [4.78, 5) is 36.7. The Kier molecular flexibility index (Phi) is 4.80. The lowest BCUT2D eigenvalue weighted by molar-refractivity contribution is -0.116. The van der Waals surface area contributed by atoms with Crippen molar-refractivity contribution in [1.82, 2.24) is 9.13 Å². The van der Waals surface area contributed by atoms with E-state index in [4.69, 9.17) is 4.42 Å². The number of benzene rings is 2. The number of amides is 1. The number of nitrogens with one attached hydrogen (secondary N) is 1. The van der Waals surface area contributed by atoms with Crippen LogP contribution in [0.5, 0.6) is 0 Å². The predicted molar refractivity (Wildman–Crippen MR) is 112 cm³/mol. The Balaban J connectivity index is 1.54. The highest BCUT2D eigenvalue weighted by Crippen LogP contribution is 2.21. The second-order valence-electron chi connectivity index (χ2n) is 6.92. The molecule has 0 atom stereocenters. The van der Waals surface area contributed by atoms with E-state index in [0.717, 1.165) is 22.0 Å². The van der Waals surface area contributed by atoms with Gasteiger partial charge in [-0.3, -0.25) is 13.9 Å². The third kappa shape index (κ3) is 3.47. The minimum absolute atomic E-state index is 0.121. The highest BCUT2D eigenvalue weighted by atomic mass is 16.4. The molecule has 0 bridgehead atoms. The Bertz CT molecular complexity index is 1340. The zero-order valence-corrected chi connectivity index (χ0v) is 16.3. The Morgan fingerprint density at radius 2 is 1.76 bits per heavy atom. The fourth-order valence-corrected chi connectivity index (χ4v) is 3.63. The van der Waals surface area contributed by atoms with E-state index in [0.29, 0.717) is 17.8 Å². The second kappa shape index (κ2) is 7.43. The van der Waals surface area contributed by atoms with Gasteiger partial charge in [-0.15, -0.1) is 0 Å². The zero-order chi connectivity index (χ0) is 20.5. The minimum atomic E-state index is -0.426. The maximum atomic E-state index is 12.7. The molecule has 7 heteroatoms. The van der Waals surface area contributed by atoms with Crippen LogP contribution in [0.1, 0.15) is 18.9 Å². The number of aromatic nitrogens is 2. The van der Waals surface area contributed by atoms with Gasteiger partial charge in [0.25, 0.3) is 0 Å². The van der Waals surface area contributed by atoms with Gasteiger partial charge in [-0.05, 0) is 43.7 Å². The van der Waals surface area contributed by atoms with E-state index in [1.165, 1.54) is 6.07 Å². The smallest absolute Gasteiger partial charge is 0.336 e. The van der Waals surface area contributed by atoms with Crippen LogP contribution in [0.15, 0.2) is 62.5 Å². The summed E-state index contributed by atoms with van der Waals surface area (Å²) in [5, 5.41) is 3.63. The molecule has 148 valence electrons. The largest absolute Gasteiger partial charge is 0.423 e. The number of aryl methyl sites for hydroxylation is 3. The molecule has 0 unspecified atom stereocenters. The molecule has 2 heterocycles. The Labute approximate surface area is 166 Å². The number of hydrogen-bond donors (Lipinski definition) is 1. The lowest BCUT2D eigenvalue weighted by atomic mass is 10.1. The summed E-state index contributed by atoms with van der Waals surface area (Å²) in [6.45, 7) is 4.60. The lowest BCUT2D eigenvalue weighted by Crippen LogP contribution is -2.25. The van der Waals surface area contributed by atoms with Gasteiger partial charge in [0.1, 0.15) is 5.58 Å². The molecule has 1 amide bonds. The molecule has 7 nitrogen and oxygen atoms in total. The van der Waals surface area contributed by atoms with Crippen molar-refractivity contribution < 1.29 is 9.21 Å². The van der Waals surface area contributed by atoms with Crippen LogP contribution in [-0.4, -0.2) is 15.0 Å². The first-order valence-electron chi connectivity index (χ1n) is 9.50. The molecule has 2 aromatic carbocycles. The van der Waals surface area contributed by atoms with Crippen LogP contribution < -0.4 is 16.6 Å².